The lowest BCUT2D eigenvalue weighted by Crippen LogP contribution is -2.43. The Morgan fingerprint density at radius 3 is 2.04 bits per heavy atom. The summed E-state index contributed by atoms with van der Waals surface area (Å²) in [6.07, 6.45) is 2.04. The molecule has 242 valence electrons. The minimum Gasteiger partial charge on any atom is -0.456 e. The van der Waals surface area contributed by atoms with Gasteiger partial charge in [0.2, 0.25) is 0 Å². The molecular formula is C46H32N4O. The molecule has 51 heavy (non-hydrogen) atoms. The summed E-state index contributed by atoms with van der Waals surface area (Å²) in [5, 5.41) is 15.0. The Kier molecular flexibility index (Phi) is 6.09. The van der Waals surface area contributed by atoms with Crippen molar-refractivity contribution in [1.29, 1.82) is 0 Å². The highest BCUT2D eigenvalue weighted by Crippen LogP contribution is 2.44. The summed E-state index contributed by atoms with van der Waals surface area (Å²) in [5.41, 5.74) is 11.0. The SMILES string of the molecule is C1=C(c2ccccc2)NC(n2c3cc4c(cc3c3c5c(ccc32)c2ccccc2n5-c2ccccc2)oc2ccccc24)NC1c1ccccc1. The fraction of sp³-hybridized carbons (Fsp3) is 0.0435. The van der Waals surface area contributed by atoms with E-state index in [9.17, 15) is 0 Å². The highest BCUT2D eigenvalue weighted by atomic mass is 16.3. The minimum atomic E-state index is -0.266. The Balaban J connectivity index is 1.27. The van der Waals surface area contributed by atoms with Crippen molar-refractivity contribution >= 4 is 71.2 Å². The molecule has 0 radical (unpaired) electrons. The summed E-state index contributed by atoms with van der Waals surface area (Å²) >= 11 is 0. The van der Waals surface area contributed by atoms with E-state index in [0.717, 1.165) is 55.3 Å². The van der Waals surface area contributed by atoms with Crippen molar-refractivity contribution in [3.8, 4) is 5.69 Å². The van der Waals surface area contributed by atoms with E-state index in [1.54, 1.807) is 0 Å². The average Bonchev–Trinajstić information content (AvgIpc) is 3.85. The van der Waals surface area contributed by atoms with Crippen molar-refractivity contribution in [2.24, 2.45) is 0 Å². The van der Waals surface area contributed by atoms with E-state index in [1.165, 1.54) is 32.8 Å². The number of benzene rings is 7. The van der Waals surface area contributed by atoms with Gasteiger partial charge in [-0.05, 0) is 59.7 Å². The maximum atomic E-state index is 6.54. The first-order chi connectivity index (χ1) is 25.3. The third kappa shape index (κ3) is 4.25. The van der Waals surface area contributed by atoms with Gasteiger partial charge >= 0.3 is 0 Å². The van der Waals surface area contributed by atoms with Gasteiger partial charge in [-0.3, -0.25) is 5.32 Å². The molecule has 0 spiro atoms. The predicted molar refractivity (Wildman–Crippen MR) is 210 cm³/mol. The monoisotopic (exact) mass is 656 g/mol. The first kappa shape index (κ1) is 28.3. The number of nitrogens with zero attached hydrogens (tertiary/aromatic N) is 2. The van der Waals surface area contributed by atoms with Crippen LogP contribution in [0.5, 0.6) is 0 Å². The maximum absolute atomic E-state index is 6.54. The summed E-state index contributed by atoms with van der Waals surface area (Å²) in [6, 6.07) is 58.4. The minimum absolute atomic E-state index is 0.0156. The summed E-state index contributed by atoms with van der Waals surface area (Å²) in [4.78, 5) is 0. The van der Waals surface area contributed by atoms with Crippen LogP contribution in [-0.2, 0) is 0 Å². The third-order valence-corrected chi connectivity index (χ3v) is 10.6. The van der Waals surface area contributed by atoms with Crippen LogP contribution in [0.15, 0.2) is 174 Å². The Morgan fingerprint density at radius 2 is 1.22 bits per heavy atom. The second-order valence-electron chi connectivity index (χ2n) is 13.4. The van der Waals surface area contributed by atoms with Gasteiger partial charge in [0.25, 0.3) is 0 Å². The number of hydrogen-bond acceptors (Lipinski definition) is 3. The number of nitrogens with one attached hydrogen (secondary N) is 2. The van der Waals surface area contributed by atoms with Crippen LogP contribution in [0.2, 0.25) is 0 Å². The molecule has 0 saturated heterocycles. The summed E-state index contributed by atoms with van der Waals surface area (Å²) < 4.78 is 11.4. The Bertz CT molecular complexity index is 2970. The van der Waals surface area contributed by atoms with Gasteiger partial charge in [-0.25, -0.2) is 0 Å². The predicted octanol–water partition coefficient (Wildman–Crippen LogP) is 11.2. The summed E-state index contributed by atoms with van der Waals surface area (Å²) in [5.74, 6) is 0. The maximum Gasteiger partial charge on any atom is 0.160 e. The highest BCUT2D eigenvalue weighted by Gasteiger charge is 2.29. The van der Waals surface area contributed by atoms with Crippen molar-refractivity contribution < 1.29 is 4.42 Å². The number of rotatable bonds is 4. The zero-order valence-electron chi connectivity index (χ0n) is 27.6. The average molecular weight is 657 g/mol. The molecule has 1 aliphatic rings. The van der Waals surface area contributed by atoms with Gasteiger partial charge < -0.3 is 18.9 Å². The van der Waals surface area contributed by atoms with Crippen molar-refractivity contribution in [3.63, 3.8) is 0 Å². The van der Waals surface area contributed by atoms with Crippen LogP contribution in [0.25, 0.3) is 76.9 Å². The first-order valence-electron chi connectivity index (χ1n) is 17.5. The molecular weight excluding hydrogens is 625 g/mol. The Hall–Kier alpha value is -6.56. The molecule has 1 aliphatic heterocycles. The molecule has 2 N–H and O–H groups in total. The molecule has 2 unspecified atom stereocenters. The third-order valence-electron chi connectivity index (χ3n) is 10.6. The summed E-state index contributed by atoms with van der Waals surface area (Å²) in [7, 11) is 0. The fourth-order valence-electron chi connectivity index (χ4n) is 8.34. The van der Waals surface area contributed by atoms with Gasteiger partial charge in [-0.2, -0.15) is 0 Å². The Morgan fingerprint density at radius 1 is 0.510 bits per heavy atom. The zero-order valence-corrected chi connectivity index (χ0v) is 27.6. The molecule has 2 atom stereocenters. The molecule has 7 aromatic carbocycles. The number of hydrogen-bond donors (Lipinski definition) is 2. The van der Waals surface area contributed by atoms with Crippen LogP contribution in [0.4, 0.5) is 0 Å². The van der Waals surface area contributed by atoms with E-state index in [4.69, 9.17) is 4.42 Å². The van der Waals surface area contributed by atoms with E-state index in [-0.39, 0.29) is 12.3 Å². The lowest BCUT2D eigenvalue weighted by atomic mass is 10.0. The van der Waals surface area contributed by atoms with Crippen LogP contribution >= 0.6 is 0 Å². The first-order valence-corrected chi connectivity index (χ1v) is 17.5. The number of aromatic nitrogens is 2. The van der Waals surface area contributed by atoms with Crippen LogP contribution in [0, 0.1) is 0 Å². The largest absolute Gasteiger partial charge is 0.456 e. The number of fused-ring (bicyclic) bond motifs is 10. The number of furan rings is 1. The van der Waals surface area contributed by atoms with Crippen LogP contribution in [-0.4, -0.2) is 9.13 Å². The fourth-order valence-corrected chi connectivity index (χ4v) is 8.34. The van der Waals surface area contributed by atoms with Crippen molar-refractivity contribution in [2.45, 2.75) is 12.3 Å². The molecule has 0 saturated carbocycles. The second kappa shape index (κ2) is 11.0. The standard InChI is InChI=1S/C46H32N4O/c1-4-14-29(15-5-1)37-28-38(30-16-6-2-7-17-30)48-46(47-37)50-40-25-24-34-32-20-10-12-22-39(32)49(31-18-8-3-9-19-31)45(34)44(40)36-27-43-35(26-41(36)50)33-21-11-13-23-42(33)51-43/h1-28,37,46-48H. The van der Waals surface area contributed by atoms with Gasteiger partial charge in [0.15, 0.2) is 6.29 Å². The van der Waals surface area contributed by atoms with E-state index in [1.807, 2.05) is 6.07 Å². The van der Waals surface area contributed by atoms with E-state index < -0.39 is 0 Å². The molecule has 4 heterocycles. The smallest absolute Gasteiger partial charge is 0.160 e. The van der Waals surface area contributed by atoms with Crippen LogP contribution < -0.4 is 10.6 Å². The quantitative estimate of drug-likeness (QED) is 0.198. The van der Waals surface area contributed by atoms with Gasteiger partial charge in [-0.1, -0.05) is 121 Å². The molecule has 5 nitrogen and oxygen atoms in total. The summed E-state index contributed by atoms with van der Waals surface area (Å²) in [6.45, 7) is 0. The van der Waals surface area contributed by atoms with Gasteiger partial charge in [-0.15, -0.1) is 0 Å². The van der Waals surface area contributed by atoms with E-state index >= 15 is 0 Å². The molecule has 0 amide bonds. The normalized spacial score (nSPS) is 16.4. The van der Waals surface area contributed by atoms with Crippen molar-refractivity contribution in [2.75, 3.05) is 0 Å². The van der Waals surface area contributed by atoms with E-state index in [2.05, 4.69) is 184 Å². The van der Waals surface area contributed by atoms with Gasteiger partial charge in [0.1, 0.15) is 11.2 Å². The van der Waals surface area contributed by atoms with E-state index in [0.29, 0.717) is 0 Å². The molecule has 0 bridgehead atoms. The topological polar surface area (TPSA) is 47.1 Å². The molecule has 0 fully saturated rings. The second-order valence-corrected chi connectivity index (χ2v) is 13.4. The Labute approximate surface area is 293 Å². The van der Waals surface area contributed by atoms with Crippen LogP contribution in [0.1, 0.15) is 23.5 Å². The lowest BCUT2D eigenvalue weighted by molar-refractivity contribution is 0.351. The van der Waals surface area contributed by atoms with Crippen molar-refractivity contribution in [3.05, 3.63) is 181 Å². The van der Waals surface area contributed by atoms with Crippen LogP contribution in [0.3, 0.4) is 0 Å². The zero-order chi connectivity index (χ0) is 33.5. The molecule has 11 rings (SSSR count). The highest BCUT2D eigenvalue weighted by molar-refractivity contribution is 6.27. The molecule has 0 aliphatic carbocycles. The van der Waals surface area contributed by atoms with Gasteiger partial charge in [0.05, 0.1) is 28.1 Å². The molecule has 10 aromatic rings. The van der Waals surface area contributed by atoms with Crippen molar-refractivity contribution in [1.82, 2.24) is 19.8 Å². The molecule has 5 heteroatoms. The molecule has 3 aromatic heterocycles. The lowest BCUT2D eigenvalue weighted by Gasteiger charge is -2.34. The van der Waals surface area contributed by atoms with Gasteiger partial charge in [0, 0.05) is 43.7 Å². The number of para-hydroxylation sites is 3.